The van der Waals surface area contributed by atoms with Gasteiger partial charge in [0.2, 0.25) is 0 Å². The van der Waals surface area contributed by atoms with Crippen LogP contribution in [0.2, 0.25) is 0 Å². The van der Waals surface area contributed by atoms with Crippen LogP contribution >= 0.6 is 0 Å². The predicted octanol–water partition coefficient (Wildman–Crippen LogP) is 3.95. The van der Waals surface area contributed by atoms with Crippen LogP contribution in [0, 0.1) is 0 Å². The Morgan fingerprint density at radius 3 is 2.52 bits per heavy atom. The first-order chi connectivity index (χ1) is 14.0. The van der Waals surface area contributed by atoms with E-state index in [1.807, 2.05) is 55.5 Å². The maximum atomic E-state index is 13.2. The number of amides is 2. The van der Waals surface area contributed by atoms with Gasteiger partial charge in [0.25, 0.3) is 11.8 Å². The number of hydrogen-bond donors (Lipinski definition) is 0. The molecule has 0 aliphatic carbocycles. The zero-order valence-corrected chi connectivity index (χ0v) is 16.6. The number of fused-ring (bicyclic) bond motifs is 1. The van der Waals surface area contributed by atoms with E-state index in [9.17, 15) is 9.59 Å². The molecule has 4 rings (SSSR count). The molecule has 2 heterocycles. The lowest BCUT2D eigenvalue weighted by molar-refractivity contribution is 0.0784. The summed E-state index contributed by atoms with van der Waals surface area (Å²) >= 11 is 0. The number of nitrogens with zero attached hydrogens (tertiary/aromatic N) is 3. The molecule has 1 aliphatic heterocycles. The van der Waals surface area contributed by atoms with E-state index in [2.05, 4.69) is 11.1 Å². The minimum Gasteiger partial charge on any atom is -0.337 e. The van der Waals surface area contributed by atoms with E-state index in [4.69, 9.17) is 0 Å². The van der Waals surface area contributed by atoms with Crippen LogP contribution in [0.3, 0.4) is 0 Å². The quantitative estimate of drug-likeness (QED) is 0.683. The molecule has 1 aromatic heterocycles. The number of anilines is 1. The summed E-state index contributed by atoms with van der Waals surface area (Å²) in [6.07, 6.45) is 3.87. The SMILES string of the molecule is CC1Cc2ccccc2N1C(=O)c1cncc(C(=O)N(C)Cc2ccccc2)c1. The Labute approximate surface area is 170 Å². The summed E-state index contributed by atoms with van der Waals surface area (Å²) in [5.41, 5.74) is 3.98. The van der Waals surface area contributed by atoms with Gasteiger partial charge in [-0.2, -0.15) is 0 Å². The summed E-state index contributed by atoms with van der Waals surface area (Å²) in [7, 11) is 1.75. The standard InChI is InChI=1S/C24H23N3O2/c1-17-12-19-10-6-7-11-22(19)27(17)24(29)21-13-20(14-25-15-21)23(28)26(2)16-18-8-4-3-5-9-18/h3-11,13-15,17H,12,16H2,1-2H3. The predicted molar refractivity (Wildman–Crippen MR) is 113 cm³/mol. The summed E-state index contributed by atoms with van der Waals surface area (Å²) in [6.45, 7) is 2.53. The van der Waals surface area contributed by atoms with Gasteiger partial charge >= 0.3 is 0 Å². The number of rotatable bonds is 4. The zero-order valence-electron chi connectivity index (χ0n) is 16.6. The van der Waals surface area contributed by atoms with Gasteiger partial charge in [0.15, 0.2) is 0 Å². The fourth-order valence-electron chi connectivity index (χ4n) is 3.84. The Hall–Kier alpha value is -3.47. The second-order valence-electron chi connectivity index (χ2n) is 7.47. The van der Waals surface area contributed by atoms with Crippen molar-refractivity contribution >= 4 is 17.5 Å². The molecular weight excluding hydrogens is 362 g/mol. The maximum absolute atomic E-state index is 13.2. The molecule has 1 aliphatic rings. The molecule has 2 amide bonds. The van der Waals surface area contributed by atoms with Crippen LogP contribution in [0.4, 0.5) is 5.69 Å². The molecule has 1 unspecified atom stereocenters. The molecule has 0 saturated carbocycles. The average Bonchev–Trinajstić information content (AvgIpc) is 3.09. The van der Waals surface area contributed by atoms with Crippen molar-refractivity contribution in [2.45, 2.75) is 25.9 Å². The van der Waals surface area contributed by atoms with E-state index < -0.39 is 0 Å². The first kappa shape index (κ1) is 18.9. The van der Waals surface area contributed by atoms with Gasteiger partial charge in [-0.25, -0.2) is 0 Å². The van der Waals surface area contributed by atoms with Gasteiger partial charge in [-0.1, -0.05) is 48.5 Å². The van der Waals surface area contributed by atoms with Crippen molar-refractivity contribution in [3.63, 3.8) is 0 Å². The lowest BCUT2D eigenvalue weighted by atomic mass is 10.1. The van der Waals surface area contributed by atoms with Crippen molar-refractivity contribution in [1.29, 1.82) is 0 Å². The van der Waals surface area contributed by atoms with Crippen LogP contribution in [-0.4, -0.2) is 34.8 Å². The average molecular weight is 385 g/mol. The fourth-order valence-corrected chi connectivity index (χ4v) is 3.84. The third-order valence-corrected chi connectivity index (χ3v) is 5.27. The maximum Gasteiger partial charge on any atom is 0.260 e. The van der Waals surface area contributed by atoms with Crippen molar-refractivity contribution in [3.8, 4) is 0 Å². The van der Waals surface area contributed by atoms with Crippen LogP contribution in [0.25, 0.3) is 0 Å². The number of carbonyl (C=O) groups is 2. The van der Waals surface area contributed by atoms with Gasteiger partial charge in [0.05, 0.1) is 11.1 Å². The summed E-state index contributed by atoms with van der Waals surface area (Å²) in [4.78, 5) is 33.7. The molecule has 5 heteroatoms. The number of pyridine rings is 1. The highest BCUT2D eigenvalue weighted by Gasteiger charge is 2.31. The summed E-state index contributed by atoms with van der Waals surface area (Å²) in [5, 5.41) is 0. The first-order valence-corrected chi connectivity index (χ1v) is 9.70. The van der Waals surface area contributed by atoms with Gasteiger partial charge in [-0.15, -0.1) is 0 Å². The molecule has 146 valence electrons. The second-order valence-corrected chi connectivity index (χ2v) is 7.47. The largest absolute Gasteiger partial charge is 0.337 e. The van der Waals surface area contributed by atoms with E-state index in [-0.39, 0.29) is 17.9 Å². The number of hydrogen-bond acceptors (Lipinski definition) is 3. The van der Waals surface area contributed by atoms with Gasteiger partial charge in [-0.05, 0) is 36.6 Å². The molecule has 2 aromatic carbocycles. The Balaban J connectivity index is 1.56. The van der Waals surface area contributed by atoms with Crippen molar-refractivity contribution in [2.75, 3.05) is 11.9 Å². The Bertz CT molecular complexity index is 1050. The van der Waals surface area contributed by atoms with Crippen LogP contribution in [0.1, 0.15) is 38.8 Å². The highest BCUT2D eigenvalue weighted by atomic mass is 16.2. The van der Waals surface area contributed by atoms with Gasteiger partial charge in [-0.3, -0.25) is 14.6 Å². The van der Waals surface area contributed by atoms with Crippen LogP contribution in [-0.2, 0) is 13.0 Å². The third kappa shape index (κ3) is 3.76. The van der Waals surface area contributed by atoms with Crippen molar-refractivity contribution in [1.82, 2.24) is 9.88 Å². The highest BCUT2D eigenvalue weighted by Crippen LogP contribution is 2.33. The molecule has 0 saturated heterocycles. The smallest absolute Gasteiger partial charge is 0.260 e. The molecule has 0 bridgehead atoms. The minimum absolute atomic E-state index is 0.0695. The lowest BCUT2D eigenvalue weighted by Crippen LogP contribution is -2.36. The molecule has 1 atom stereocenters. The summed E-state index contributed by atoms with van der Waals surface area (Å²) < 4.78 is 0. The number of aromatic nitrogens is 1. The molecule has 0 N–H and O–H groups in total. The van der Waals surface area contributed by atoms with Gasteiger partial charge < -0.3 is 9.80 Å². The van der Waals surface area contributed by atoms with Crippen LogP contribution in [0.5, 0.6) is 0 Å². The second kappa shape index (κ2) is 7.87. The molecule has 0 radical (unpaired) electrons. The summed E-state index contributed by atoms with van der Waals surface area (Å²) in [6, 6.07) is 19.5. The molecular formula is C24H23N3O2. The van der Waals surface area contributed by atoms with Gasteiger partial charge in [0.1, 0.15) is 0 Å². The molecule has 29 heavy (non-hydrogen) atoms. The number of para-hydroxylation sites is 1. The Morgan fingerprint density at radius 2 is 1.72 bits per heavy atom. The number of carbonyl (C=O) groups excluding carboxylic acids is 2. The Morgan fingerprint density at radius 1 is 1.03 bits per heavy atom. The lowest BCUT2D eigenvalue weighted by Gasteiger charge is -2.23. The van der Waals surface area contributed by atoms with Crippen molar-refractivity contribution in [3.05, 3.63) is 95.3 Å². The topological polar surface area (TPSA) is 53.5 Å². The van der Waals surface area contributed by atoms with Crippen molar-refractivity contribution < 1.29 is 9.59 Å². The van der Waals surface area contributed by atoms with Gasteiger partial charge in [0, 0.05) is 37.7 Å². The molecule has 5 nitrogen and oxygen atoms in total. The molecule has 0 fully saturated rings. The zero-order chi connectivity index (χ0) is 20.4. The van der Waals surface area contributed by atoms with E-state index in [0.717, 1.165) is 23.2 Å². The Kier molecular flexibility index (Phi) is 5.12. The van der Waals surface area contributed by atoms with Crippen LogP contribution in [0.15, 0.2) is 73.1 Å². The normalized spacial score (nSPS) is 15.1. The summed E-state index contributed by atoms with van der Waals surface area (Å²) in [5.74, 6) is -0.291. The highest BCUT2D eigenvalue weighted by molar-refractivity contribution is 6.08. The fraction of sp³-hybridized carbons (Fsp3) is 0.208. The minimum atomic E-state index is -0.161. The van der Waals surface area contributed by atoms with E-state index >= 15 is 0 Å². The molecule has 3 aromatic rings. The van der Waals surface area contributed by atoms with E-state index in [0.29, 0.717) is 17.7 Å². The van der Waals surface area contributed by atoms with Crippen LogP contribution < -0.4 is 4.90 Å². The monoisotopic (exact) mass is 385 g/mol. The van der Waals surface area contributed by atoms with E-state index in [1.54, 1.807) is 22.9 Å². The first-order valence-electron chi connectivity index (χ1n) is 9.70. The number of benzene rings is 2. The third-order valence-electron chi connectivity index (χ3n) is 5.27. The van der Waals surface area contributed by atoms with E-state index in [1.165, 1.54) is 12.4 Å². The molecule has 0 spiro atoms. The van der Waals surface area contributed by atoms with Crippen molar-refractivity contribution in [2.24, 2.45) is 0 Å².